The van der Waals surface area contributed by atoms with Crippen LogP contribution in [0.4, 0.5) is 4.39 Å². The molecule has 3 heteroatoms. The Bertz CT molecular complexity index is 1230. The monoisotopic (exact) mass is 372 g/mol. The van der Waals surface area contributed by atoms with Crippen molar-refractivity contribution in [2.24, 2.45) is 0 Å². The van der Waals surface area contributed by atoms with Crippen molar-refractivity contribution in [2.45, 2.75) is 47.0 Å². The predicted octanol–water partition coefficient (Wildman–Crippen LogP) is 6.81. The van der Waals surface area contributed by atoms with E-state index in [1.807, 2.05) is 19.1 Å². The molecule has 0 aliphatic carbocycles. The Kier molecular flexibility index (Phi) is 4.22. The van der Waals surface area contributed by atoms with Gasteiger partial charge in [0.25, 0.3) is 0 Å². The molecule has 0 saturated heterocycles. The van der Waals surface area contributed by atoms with E-state index in [1.165, 1.54) is 11.1 Å². The maximum absolute atomic E-state index is 14.6. The Morgan fingerprint density at radius 2 is 1.64 bits per heavy atom. The van der Waals surface area contributed by atoms with Crippen molar-refractivity contribution in [3.05, 3.63) is 70.8 Å². The van der Waals surface area contributed by atoms with E-state index in [0.29, 0.717) is 11.1 Å². The molecule has 28 heavy (non-hydrogen) atoms. The van der Waals surface area contributed by atoms with Crippen molar-refractivity contribution in [1.29, 1.82) is 0 Å². The fourth-order valence-corrected chi connectivity index (χ4v) is 3.95. The van der Waals surface area contributed by atoms with E-state index in [4.69, 9.17) is 0 Å². The summed E-state index contributed by atoms with van der Waals surface area (Å²) in [5, 5.41) is 2.83. The first-order valence-corrected chi connectivity index (χ1v) is 9.62. The van der Waals surface area contributed by atoms with Crippen LogP contribution >= 0.6 is 0 Å². The molecule has 0 fully saturated rings. The van der Waals surface area contributed by atoms with Crippen LogP contribution in [0.25, 0.3) is 32.9 Å². The van der Waals surface area contributed by atoms with E-state index < -0.39 is 0 Å². The third-order valence-corrected chi connectivity index (χ3v) is 5.48. The minimum absolute atomic E-state index is 0.0492. The minimum Gasteiger partial charge on any atom is -0.236 e. The van der Waals surface area contributed by atoms with Gasteiger partial charge in [0.2, 0.25) is 0 Å². The molecule has 4 aromatic rings. The highest BCUT2D eigenvalue weighted by Crippen LogP contribution is 2.35. The highest BCUT2D eigenvalue weighted by molar-refractivity contribution is 6.10. The molecule has 1 heterocycles. The van der Waals surface area contributed by atoms with Gasteiger partial charge in [-0.3, -0.25) is 0 Å². The normalized spacial score (nSPS) is 12.1. The average molecular weight is 372 g/mol. The number of nitrogens with zero attached hydrogens (tertiary/aromatic N) is 2. The third kappa shape index (κ3) is 2.95. The van der Waals surface area contributed by atoms with Crippen molar-refractivity contribution in [1.82, 2.24) is 9.97 Å². The zero-order valence-electron chi connectivity index (χ0n) is 17.3. The summed E-state index contributed by atoms with van der Waals surface area (Å²) < 4.78 is 14.6. The molecule has 0 saturated carbocycles. The second-order valence-electron chi connectivity index (χ2n) is 8.75. The Labute approximate surface area is 165 Å². The van der Waals surface area contributed by atoms with Crippen molar-refractivity contribution in [3.63, 3.8) is 0 Å². The lowest BCUT2D eigenvalue weighted by molar-refractivity contribution is 0.590. The SMILES string of the molecule is Cc1cc(-c2ncnc3c2ccc2cc(C)c(F)c(C)c23)cc(C(C)(C)C)c1. The standard InChI is InChI=1S/C25H25FN2/c1-14-9-18(12-19(10-14)25(4,5)6)23-20-8-7-17-11-15(2)22(26)16(3)21(17)24(20)28-13-27-23/h7-13H,1-6H3. The zero-order valence-corrected chi connectivity index (χ0v) is 17.3. The van der Waals surface area contributed by atoms with Gasteiger partial charge < -0.3 is 0 Å². The lowest BCUT2D eigenvalue weighted by Crippen LogP contribution is -2.11. The minimum atomic E-state index is -0.161. The molecule has 0 spiro atoms. The van der Waals surface area contributed by atoms with E-state index in [2.05, 4.69) is 61.9 Å². The molecule has 0 unspecified atom stereocenters. The number of aryl methyl sites for hydroxylation is 3. The Hall–Kier alpha value is -2.81. The van der Waals surface area contributed by atoms with Crippen molar-refractivity contribution < 1.29 is 4.39 Å². The first-order chi connectivity index (χ1) is 13.2. The number of hydrogen-bond donors (Lipinski definition) is 0. The summed E-state index contributed by atoms with van der Waals surface area (Å²) in [6.07, 6.45) is 1.59. The van der Waals surface area contributed by atoms with Gasteiger partial charge in [-0.2, -0.15) is 0 Å². The third-order valence-electron chi connectivity index (χ3n) is 5.48. The first-order valence-electron chi connectivity index (χ1n) is 9.62. The topological polar surface area (TPSA) is 25.8 Å². The second-order valence-corrected chi connectivity index (χ2v) is 8.75. The van der Waals surface area contributed by atoms with E-state index in [9.17, 15) is 4.39 Å². The van der Waals surface area contributed by atoms with Crippen LogP contribution in [0.3, 0.4) is 0 Å². The van der Waals surface area contributed by atoms with E-state index in [1.54, 1.807) is 13.3 Å². The van der Waals surface area contributed by atoms with Gasteiger partial charge in [0, 0.05) is 16.3 Å². The lowest BCUT2D eigenvalue weighted by atomic mass is 9.84. The number of rotatable bonds is 1. The molecule has 0 aliphatic heterocycles. The van der Waals surface area contributed by atoms with Gasteiger partial charge >= 0.3 is 0 Å². The summed E-state index contributed by atoms with van der Waals surface area (Å²) in [5.74, 6) is -0.161. The summed E-state index contributed by atoms with van der Waals surface area (Å²) in [6, 6.07) is 12.6. The fraction of sp³-hybridized carbons (Fsp3) is 0.280. The Balaban J connectivity index is 2.07. The highest BCUT2D eigenvalue weighted by atomic mass is 19.1. The molecule has 3 aromatic carbocycles. The molecule has 1 aromatic heterocycles. The summed E-state index contributed by atoms with van der Waals surface area (Å²) in [6.45, 7) is 12.4. The van der Waals surface area contributed by atoms with Gasteiger partial charge in [0.15, 0.2) is 0 Å². The number of benzene rings is 3. The van der Waals surface area contributed by atoms with Crippen LogP contribution in [0.5, 0.6) is 0 Å². The van der Waals surface area contributed by atoms with Gasteiger partial charge in [0.05, 0.1) is 11.2 Å². The molecule has 0 atom stereocenters. The van der Waals surface area contributed by atoms with Gasteiger partial charge in [-0.1, -0.05) is 38.5 Å². The van der Waals surface area contributed by atoms with Gasteiger partial charge in [-0.05, 0) is 72.5 Å². The maximum atomic E-state index is 14.6. The molecular weight excluding hydrogens is 347 g/mol. The quantitative estimate of drug-likeness (QED) is 0.343. The van der Waals surface area contributed by atoms with Crippen LogP contribution in [0.15, 0.2) is 42.7 Å². The molecule has 0 aliphatic rings. The number of hydrogen-bond acceptors (Lipinski definition) is 2. The van der Waals surface area contributed by atoms with Crippen molar-refractivity contribution in [2.75, 3.05) is 0 Å². The van der Waals surface area contributed by atoms with Crippen molar-refractivity contribution in [3.8, 4) is 11.3 Å². The van der Waals surface area contributed by atoms with E-state index in [-0.39, 0.29) is 11.2 Å². The molecule has 142 valence electrons. The predicted molar refractivity (Wildman–Crippen MR) is 115 cm³/mol. The molecule has 0 radical (unpaired) electrons. The fourth-order valence-electron chi connectivity index (χ4n) is 3.95. The lowest BCUT2D eigenvalue weighted by Gasteiger charge is -2.21. The van der Waals surface area contributed by atoms with E-state index >= 15 is 0 Å². The van der Waals surface area contributed by atoms with Crippen molar-refractivity contribution >= 4 is 21.7 Å². The summed E-state index contributed by atoms with van der Waals surface area (Å²) in [7, 11) is 0. The van der Waals surface area contributed by atoms with Gasteiger partial charge in [-0.15, -0.1) is 0 Å². The molecular formula is C25H25FN2. The van der Waals surface area contributed by atoms with E-state index in [0.717, 1.165) is 32.9 Å². The van der Waals surface area contributed by atoms with Crippen LogP contribution in [0, 0.1) is 26.6 Å². The first kappa shape index (κ1) is 18.5. The highest BCUT2D eigenvalue weighted by Gasteiger charge is 2.18. The zero-order chi connectivity index (χ0) is 20.2. The number of fused-ring (bicyclic) bond motifs is 3. The summed E-state index contributed by atoms with van der Waals surface area (Å²) >= 11 is 0. The molecule has 0 amide bonds. The van der Waals surface area contributed by atoms with Gasteiger partial charge in [-0.25, -0.2) is 14.4 Å². The second kappa shape index (κ2) is 6.37. The number of halogens is 1. The van der Waals surface area contributed by atoms with Crippen LogP contribution in [0.1, 0.15) is 43.0 Å². The summed E-state index contributed by atoms with van der Waals surface area (Å²) in [5.41, 5.74) is 6.59. The Morgan fingerprint density at radius 1 is 0.893 bits per heavy atom. The molecule has 4 rings (SSSR count). The maximum Gasteiger partial charge on any atom is 0.129 e. The molecule has 0 bridgehead atoms. The van der Waals surface area contributed by atoms with Crippen LogP contribution in [0.2, 0.25) is 0 Å². The van der Waals surface area contributed by atoms with Crippen LogP contribution < -0.4 is 0 Å². The average Bonchev–Trinajstić information content (AvgIpc) is 2.64. The van der Waals surface area contributed by atoms with Gasteiger partial charge in [0.1, 0.15) is 12.1 Å². The summed E-state index contributed by atoms with van der Waals surface area (Å²) in [4.78, 5) is 9.16. The smallest absolute Gasteiger partial charge is 0.129 e. The molecule has 0 N–H and O–H groups in total. The Morgan fingerprint density at radius 3 is 2.36 bits per heavy atom. The molecule has 2 nitrogen and oxygen atoms in total. The van der Waals surface area contributed by atoms with Crippen LogP contribution in [-0.2, 0) is 5.41 Å². The largest absolute Gasteiger partial charge is 0.236 e. The number of aromatic nitrogens is 2. The van der Waals surface area contributed by atoms with Crippen LogP contribution in [-0.4, -0.2) is 9.97 Å².